The number of imide groups is 1. The first-order valence-corrected chi connectivity index (χ1v) is 9.50. The second-order valence-electron chi connectivity index (χ2n) is 7.31. The number of benzene rings is 1. The summed E-state index contributed by atoms with van der Waals surface area (Å²) in [7, 11) is 0. The number of carbonyl (C=O) groups is 3. The van der Waals surface area contributed by atoms with E-state index < -0.39 is 6.04 Å². The van der Waals surface area contributed by atoms with E-state index in [1.54, 1.807) is 24.3 Å². The van der Waals surface area contributed by atoms with Crippen LogP contribution in [0.5, 0.6) is 0 Å². The van der Waals surface area contributed by atoms with Crippen molar-refractivity contribution in [1.29, 1.82) is 0 Å². The van der Waals surface area contributed by atoms with Crippen LogP contribution in [0.3, 0.4) is 0 Å². The molecule has 1 N–H and O–H groups in total. The molecule has 26 heavy (non-hydrogen) atoms. The Kier molecular flexibility index (Phi) is 4.35. The van der Waals surface area contributed by atoms with E-state index in [0.29, 0.717) is 17.1 Å². The highest BCUT2D eigenvalue weighted by Gasteiger charge is 2.58. The van der Waals surface area contributed by atoms with Gasteiger partial charge in [0.25, 0.3) is 0 Å². The number of anilines is 1. The third-order valence-corrected chi connectivity index (χ3v) is 6.16. The molecular weight excluding hydrogens is 352 g/mol. The Balaban J connectivity index is 1.56. The van der Waals surface area contributed by atoms with Gasteiger partial charge in [-0.2, -0.15) is 0 Å². The van der Waals surface area contributed by atoms with Gasteiger partial charge in [-0.15, -0.1) is 0 Å². The molecule has 5 nitrogen and oxygen atoms in total. The summed E-state index contributed by atoms with van der Waals surface area (Å²) < 4.78 is 0. The predicted molar refractivity (Wildman–Crippen MR) is 98.3 cm³/mol. The molecule has 0 spiro atoms. The Morgan fingerprint density at radius 2 is 1.65 bits per heavy atom. The maximum atomic E-state index is 13.0. The molecule has 1 saturated heterocycles. The maximum absolute atomic E-state index is 13.0. The number of carbonyl (C=O) groups excluding carboxylic acids is 3. The van der Waals surface area contributed by atoms with Crippen molar-refractivity contribution in [3.05, 3.63) is 41.4 Å². The van der Waals surface area contributed by atoms with Gasteiger partial charge in [0.1, 0.15) is 6.04 Å². The van der Waals surface area contributed by atoms with Crippen LogP contribution < -0.4 is 5.32 Å². The number of hydrogen-bond acceptors (Lipinski definition) is 3. The summed E-state index contributed by atoms with van der Waals surface area (Å²) in [5.41, 5.74) is 0.594. The molecule has 0 unspecified atom stereocenters. The molecule has 3 aliphatic carbocycles. The van der Waals surface area contributed by atoms with Gasteiger partial charge in [-0.25, -0.2) is 0 Å². The Hall–Kier alpha value is -2.14. The second kappa shape index (κ2) is 6.54. The van der Waals surface area contributed by atoms with Gasteiger partial charge >= 0.3 is 0 Å². The molecule has 1 aliphatic heterocycles. The van der Waals surface area contributed by atoms with E-state index in [9.17, 15) is 14.4 Å². The summed E-state index contributed by atoms with van der Waals surface area (Å²) in [5.74, 6) is -1.02. The number of nitrogens with one attached hydrogen (secondary N) is 1. The zero-order chi connectivity index (χ0) is 18.4. The van der Waals surface area contributed by atoms with E-state index in [1.165, 1.54) is 4.90 Å². The number of allylic oxidation sites excluding steroid dienone is 2. The summed E-state index contributed by atoms with van der Waals surface area (Å²) in [5, 5.41) is 3.37. The van der Waals surface area contributed by atoms with Gasteiger partial charge in [0, 0.05) is 10.7 Å². The van der Waals surface area contributed by atoms with E-state index in [4.69, 9.17) is 11.6 Å². The molecule has 4 aliphatic rings. The number of amides is 3. The monoisotopic (exact) mass is 372 g/mol. The van der Waals surface area contributed by atoms with E-state index in [2.05, 4.69) is 17.5 Å². The molecule has 3 amide bonds. The van der Waals surface area contributed by atoms with Crippen LogP contribution in [0.15, 0.2) is 36.4 Å². The smallest absolute Gasteiger partial charge is 0.247 e. The van der Waals surface area contributed by atoms with Crippen LogP contribution >= 0.6 is 11.6 Å². The molecule has 2 fully saturated rings. The van der Waals surface area contributed by atoms with Gasteiger partial charge in [0.05, 0.1) is 11.8 Å². The minimum atomic E-state index is -0.782. The molecule has 0 radical (unpaired) electrons. The van der Waals surface area contributed by atoms with Crippen LogP contribution in [0.1, 0.15) is 26.2 Å². The lowest BCUT2D eigenvalue weighted by Crippen LogP contribution is -2.47. The van der Waals surface area contributed by atoms with Gasteiger partial charge in [0.15, 0.2) is 0 Å². The lowest BCUT2D eigenvalue weighted by atomic mass is 9.63. The van der Waals surface area contributed by atoms with Gasteiger partial charge in [-0.1, -0.05) is 30.7 Å². The van der Waals surface area contributed by atoms with E-state index in [-0.39, 0.29) is 41.4 Å². The first kappa shape index (κ1) is 17.3. The van der Waals surface area contributed by atoms with Gasteiger partial charge < -0.3 is 5.32 Å². The zero-order valence-corrected chi connectivity index (χ0v) is 15.3. The maximum Gasteiger partial charge on any atom is 0.247 e. The molecule has 1 aromatic rings. The SMILES string of the molecule is CC[C@@H](C(=O)Nc1ccc(Cl)cc1)N1C(=O)[C@@H]2[C@H](C1=O)[C@H]1C=C[C@H]2CC1. The highest BCUT2D eigenvalue weighted by Crippen LogP contribution is 2.50. The minimum Gasteiger partial charge on any atom is -0.324 e. The lowest BCUT2D eigenvalue weighted by molar-refractivity contribution is -0.146. The van der Waals surface area contributed by atoms with Crippen molar-refractivity contribution in [3.63, 3.8) is 0 Å². The number of hydrogen-bond donors (Lipinski definition) is 1. The topological polar surface area (TPSA) is 66.5 Å². The van der Waals surface area contributed by atoms with Crippen LogP contribution in [0, 0.1) is 23.7 Å². The molecular formula is C20H21ClN2O3. The van der Waals surface area contributed by atoms with Crippen molar-refractivity contribution in [2.45, 2.75) is 32.2 Å². The number of halogens is 1. The van der Waals surface area contributed by atoms with E-state index in [1.807, 2.05) is 6.92 Å². The predicted octanol–water partition coefficient (Wildman–Crippen LogP) is 3.25. The van der Waals surface area contributed by atoms with Crippen molar-refractivity contribution in [3.8, 4) is 0 Å². The molecule has 1 saturated carbocycles. The Bertz CT molecular complexity index is 757. The Labute approximate surface area is 157 Å². The van der Waals surface area contributed by atoms with Crippen molar-refractivity contribution >= 4 is 35.0 Å². The van der Waals surface area contributed by atoms with Gasteiger partial charge in [-0.05, 0) is 55.4 Å². The van der Waals surface area contributed by atoms with E-state index in [0.717, 1.165) is 12.8 Å². The Morgan fingerprint density at radius 1 is 1.12 bits per heavy atom. The average molecular weight is 373 g/mol. The van der Waals surface area contributed by atoms with Gasteiger partial charge in [-0.3, -0.25) is 19.3 Å². The third kappa shape index (κ3) is 2.65. The first-order valence-electron chi connectivity index (χ1n) is 9.13. The number of fused-ring (bicyclic) bond motifs is 1. The largest absolute Gasteiger partial charge is 0.324 e. The molecule has 5 rings (SSSR count). The van der Waals surface area contributed by atoms with Crippen LogP contribution in [0.4, 0.5) is 5.69 Å². The van der Waals surface area contributed by atoms with Crippen molar-refractivity contribution in [2.75, 3.05) is 5.32 Å². The van der Waals surface area contributed by atoms with Crippen molar-refractivity contribution in [2.24, 2.45) is 23.7 Å². The molecule has 6 heteroatoms. The number of rotatable bonds is 4. The summed E-state index contributed by atoms with van der Waals surface area (Å²) in [6.45, 7) is 1.82. The van der Waals surface area contributed by atoms with Crippen LogP contribution in [-0.4, -0.2) is 28.7 Å². The molecule has 2 bridgehead atoms. The van der Waals surface area contributed by atoms with Crippen LogP contribution in [0.25, 0.3) is 0 Å². The lowest BCUT2D eigenvalue weighted by Gasteiger charge is -2.38. The summed E-state index contributed by atoms with van der Waals surface area (Å²) >= 11 is 5.87. The second-order valence-corrected chi connectivity index (χ2v) is 7.74. The molecule has 136 valence electrons. The van der Waals surface area contributed by atoms with Gasteiger partial charge in [0.2, 0.25) is 17.7 Å². The van der Waals surface area contributed by atoms with Crippen molar-refractivity contribution < 1.29 is 14.4 Å². The first-order chi connectivity index (χ1) is 12.5. The fourth-order valence-electron chi connectivity index (χ4n) is 4.65. The molecule has 5 atom stereocenters. The summed E-state index contributed by atoms with van der Waals surface area (Å²) in [6.07, 6.45) is 6.45. The van der Waals surface area contributed by atoms with E-state index >= 15 is 0 Å². The number of likely N-dealkylation sites (tertiary alicyclic amines) is 1. The highest BCUT2D eigenvalue weighted by atomic mass is 35.5. The Morgan fingerprint density at radius 3 is 2.12 bits per heavy atom. The molecule has 1 heterocycles. The third-order valence-electron chi connectivity index (χ3n) is 5.91. The van der Waals surface area contributed by atoms with Crippen molar-refractivity contribution in [1.82, 2.24) is 4.90 Å². The van der Waals surface area contributed by atoms with Crippen LogP contribution in [0.2, 0.25) is 5.02 Å². The number of nitrogens with zero attached hydrogens (tertiary/aromatic N) is 1. The highest BCUT2D eigenvalue weighted by molar-refractivity contribution is 6.30. The van der Waals surface area contributed by atoms with Crippen LogP contribution in [-0.2, 0) is 14.4 Å². The normalized spacial score (nSPS) is 30.5. The minimum absolute atomic E-state index is 0.128. The fraction of sp³-hybridized carbons (Fsp3) is 0.450. The average Bonchev–Trinajstić information content (AvgIpc) is 2.93. The molecule has 1 aromatic carbocycles. The quantitative estimate of drug-likeness (QED) is 0.651. The summed E-state index contributed by atoms with van der Waals surface area (Å²) in [4.78, 5) is 40.1. The fourth-order valence-corrected chi connectivity index (χ4v) is 4.77. The zero-order valence-electron chi connectivity index (χ0n) is 14.5. The summed E-state index contributed by atoms with van der Waals surface area (Å²) in [6, 6.07) is 5.98. The molecule has 0 aromatic heterocycles. The standard InChI is InChI=1S/C20H21ClN2O3/c1-2-15(18(24)22-14-9-7-13(21)8-10-14)23-19(25)16-11-3-4-12(6-5-11)17(16)20(23)26/h3-4,7-12,15-17H,2,5-6H2,1H3,(H,22,24)/t11-,12-,15-,16-,17+/m0/s1.